The molecule has 0 aliphatic heterocycles. The summed E-state index contributed by atoms with van der Waals surface area (Å²) >= 11 is 7.40. The number of aryl methyl sites for hydroxylation is 1. The molecule has 0 bridgehead atoms. The van der Waals surface area contributed by atoms with Crippen molar-refractivity contribution in [2.75, 3.05) is 0 Å². The normalized spacial score (nSPS) is 10.1. The Bertz CT molecular complexity index is 203. The minimum atomic E-state index is 0.657. The van der Waals surface area contributed by atoms with E-state index < -0.39 is 0 Å². The highest BCUT2D eigenvalue weighted by Gasteiger charge is 2.00. The Labute approximate surface area is 64.5 Å². The van der Waals surface area contributed by atoms with E-state index in [9.17, 15) is 0 Å². The minimum Gasteiger partial charge on any atom is -0.147 e. The van der Waals surface area contributed by atoms with E-state index in [4.69, 9.17) is 11.6 Å². The third kappa shape index (κ3) is 1.28. The first kappa shape index (κ1) is 7.10. The van der Waals surface area contributed by atoms with Gasteiger partial charge >= 0.3 is 0 Å². The molecule has 0 unspecified atom stereocenters. The second-order valence-corrected chi connectivity index (χ2v) is 3.33. The maximum atomic E-state index is 5.66. The molecule has 50 valence electrons. The van der Waals surface area contributed by atoms with E-state index in [-0.39, 0.29) is 0 Å². The zero-order chi connectivity index (χ0) is 6.85. The van der Waals surface area contributed by atoms with Gasteiger partial charge in [0.05, 0.1) is 5.88 Å². The van der Waals surface area contributed by atoms with Gasteiger partial charge in [0.1, 0.15) is 0 Å². The van der Waals surface area contributed by atoms with Crippen molar-refractivity contribution < 1.29 is 0 Å². The Hall–Kier alpha value is -0.0100. The summed E-state index contributed by atoms with van der Waals surface area (Å²) in [6.45, 7) is 4.23. The first-order chi connectivity index (χ1) is 4.25. The summed E-state index contributed by atoms with van der Waals surface area (Å²) in [5, 5.41) is 2.15. The van der Waals surface area contributed by atoms with Crippen LogP contribution in [0.1, 0.15) is 16.0 Å². The molecular weight excluding hydrogens is 152 g/mol. The lowest BCUT2D eigenvalue weighted by atomic mass is 10.2. The summed E-state index contributed by atoms with van der Waals surface area (Å²) in [5.74, 6) is 0.657. The van der Waals surface area contributed by atoms with E-state index in [1.54, 1.807) is 11.3 Å². The molecule has 1 aromatic heterocycles. The number of hydrogen-bond donors (Lipinski definition) is 0. The van der Waals surface area contributed by atoms with E-state index in [2.05, 4.69) is 19.2 Å². The van der Waals surface area contributed by atoms with Gasteiger partial charge in [-0.25, -0.2) is 0 Å². The number of halogens is 1. The molecule has 2 heteroatoms. The maximum absolute atomic E-state index is 5.66. The molecule has 0 nitrogen and oxygen atoms in total. The highest BCUT2D eigenvalue weighted by Crippen LogP contribution is 2.21. The molecular formula is C7H9ClS. The Kier molecular flexibility index (Phi) is 2.14. The lowest BCUT2D eigenvalue weighted by molar-refractivity contribution is 1.33. The minimum absolute atomic E-state index is 0.657. The van der Waals surface area contributed by atoms with E-state index in [1.807, 2.05) is 0 Å². The molecule has 0 fully saturated rings. The van der Waals surface area contributed by atoms with Gasteiger partial charge in [-0.1, -0.05) is 0 Å². The number of alkyl halides is 1. The molecule has 1 rings (SSSR count). The maximum Gasteiger partial charge on any atom is 0.0570 e. The summed E-state index contributed by atoms with van der Waals surface area (Å²) in [5.41, 5.74) is 2.71. The van der Waals surface area contributed by atoms with Crippen molar-refractivity contribution in [1.82, 2.24) is 0 Å². The number of hydrogen-bond acceptors (Lipinski definition) is 1. The van der Waals surface area contributed by atoms with Gasteiger partial charge in [0.2, 0.25) is 0 Å². The van der Waals surface area contributed by atoms with Gasteiger partial charge in [0, 0.05) is 4.88 Å². The third-order valence-electron chi connectivity index (χ3n) is 1.51. The fraction of sp³-hybridized carbons (Fsp3) is 0.429. The molecule has 0 saturated carbocycles. The van der Waals surface area contributed by atoms with Gasteiger partial charge < -0.3 is 0 Å². The first-order valence-electron chi connectivity index (χ1n) is 2.85. The van der Waals surface area contributed by atoms with Crippen LogP contribution in [0.25, 0.3) is 0 Å². The standard InChI is InChI=1S/C7H9ClS/c1-5-4-9-7(3-8)6(5)2/h4H,3H2,1-2H3. The molecule has 0 saturated heterocycles. The summed E-state index contributed by atoms with van der Waals surface area (Å²) in [6.07, 6.45) is 0. The van der Waals surface area contributed by atoms with Crippen LogP contribution in [0, 0.1) is 13.8 Å². The third-order valence-corrected chi connectivity index (χ3v) is 3.14. The van der Waals surface area contributed by atoms with Crippen LogP contribution in [-0.4, -0.2) is 0 Å². The van der Waals surface area contributed by atoms with Crippen molar-refractivity contribution in [2.24, 2.45) is 0 Å². The fourth-order valence-electron chi connectivity index (χ4n) is 0.688. The topological polar surface area (TPSA) is 0 Å². The second kappa shape index (κ2) is 2.72. The Morgan fingerprint density at radius 2 is 2.22 bits per heavy atom. The van der Waals surface area contributed by atoms with Crippen LogP contribution in [0.3, 0.4) is 0 Å². The van der Waals surface area contributed by atoms with Crippen molar-refractivity contribution in [3.63, 3.8) is 0 Å². The van der Waals surface area contributed by atoms with Crippen LogP contribution in [0.4, 0.5) is 0 Å². The quantitative estimate of drug-likeness (QED) is 0.554. The first-order valence-corrected chi connectivity index (χ1v) is 4.26. The molecule has 0 radical (unpaired) electrons. The van der Waals surface area contributed by atoms with Crippen molar-refractivity contribution in [2.45, 2.75) is 19.7 Å². The lowest BCUT2D eigenvalue weighted by Crippen LogP contribution is -1.75. The molecule has 0 aliphatic carbocycles. The van der Waals surface area contributed by atoms with Crippen molar-refractivity contribution >= 4 is 22.9 Å². The van der Waals surface area contributed by atoms with E-state index in [1.165, 1.54) is 16.0 Å². The van der Waals surface area contributed by atoms with Crippen LogP contribution >= 0.6 is 22.9 Å². The Morgan fingerprint density at radius 3 is 2.44 bits per heavy atom. The van der Waals surface area contributed by atoms with Crippen LogP contribution in [-0.2, 0) is 5.88 Å². The van der Waals surface area contributed by atoms with Crippen LogP contribution in [0.15, 0.2) is 5.38 Å². The molecule has 0 atom stereocenters. The summed E-state index contributed by atoms with van der Waals surface area (Å²) in [7, 11) is 0. The lowest BCUT2D eigenvalue weighted by Gasteiger charge is -1.90. The van der Waals surface area contributed by atoms with Crippen LogP contribution in [0.2, 0.25) is 0 Å². The Morgan fingerprint density at radius 1 is 1.56 bits per heavy atom. The molecule has 0 amide bonds. The summed E-state index contributed by atoms with van der Waals surface area (Å²) < 4.78 is 0. The van der Waals surface area contributed by atoms with Gasteiger partial charge in [-0.3, -0.25) is 0 Å². The van der Waals surface area contributed by atoms with E-state index in [0.717, 1.165) is 0 Å². The van der Waals surface area contributed by atoms with E-state index in [0.29, 0.717) is 5.88 Å². The highest BCUT2D eigenvalue weighted by atomic mass is 35.5. The predicted octanol–water partition coefficient (Wildman–Crippen LogP) is 3.10. The van der Waals surface area contributed by atoms with E-state index >= 15 is 0 Å². The van der Waals surface area contributed by atoms with Gasteiger partial charge in [-0.05, 0) is 30.4 Å². The molecule has 0 spiro atoms. The average Bonchev–Trinajstić information content (AvgIpc) is 2.15. The predicted molar refractivity (Wildman–Crippen MR) is 43.4 cm³/mol. The fourth-order valence-corrected chi connectivity index (χ4v) is 1.97. The average molecular weight is 161 g/mol. The van der Waals surface area contributed by atoms with Gasteiger partial charge in [0.15, 0.2) is 0 Å². The summed E-state index contributed by atoms with van der Waals surface area (Å²) in [6, 6.07) is 0. The second-order valence-electron chi connectivity index (χ2n) is 2.10. The number of thiophene rings is 1. The van der Waals surface area contributed by atoms with Crippen molar-refractivity contribution in [3.05, 3.63) is 21.4 Å². The van der Waals surface area contributed by atoms with Gasteiger partial charge in [0.25, 0.3) is 0 Å². The van der Waals surface area contributed by atoms with Crippen molar-refractivity contribution in [3.8, 4) is 0 Å². The monoisotopic (exact) mass is 160 g/mol. The molecule has 9 heavy (non-hydrogen) atoms. The van der Waals surface area contributed by atoms with Crippen LogP contribution < -0.4 is 0 Å². The van der Waals surface area contributed by atoms with Crippen LogP contribution in [0.5, 0.6) is 0 Å². The molecule has 0 N–H and O–H groups in total. The molecule has 1 aromatic rings. The zero-order valence-electron chi connectivity index (χ0n) is 5.57. The highest BCUT2D eigenvalue weighted by molar-refractivity contribution is 7.10. The SMILES string of the molecule is Cc1csc(CCl)c1C. The number of rotatable bonds is 1. The summed E-state index contributed by atoms with van der Waals surface area (Å²) in [4.78, 5) is 1.30. The van der Waals surface area contributed by atoms with Gasteiger partial charge in [-0.2, -0.15) is 0 Å². The van der Waals surface area contributed by atoms with Gasteiger partial charge in [-0.15, -0.1) is 22.9 Å². The van der Waals surface area contributed by atoms with Crippen molar-refractivity contribution in [1.29, 1.82) is 0 Å². The zero-order valence-corrected chi connectivity index (χ0v) is 7.14. The molecule has 0 aromatic carbocycles. The molecule has 0 aliphatic rings. The Balaban J connectivity index is 3.04. The smallest absolute Gasteiger partial charge is 0.0570 e. The largest absolute Gasteiger partial charge is 0.147 e. The molecule has 1 heterocycles.